The Bertz CT molecular complexity index is 961. The summed E-state index contributed by atoms with van der Waals surface area (Å²) in [5.41, 5.74) is 1.34. The maximum absolute atomic E-state index is 12.4. The molecule has 3 aromatic heterocycles. The van der Waals surface area contributed by atoms with Gasteiger partial charge in [0.1, 0.15) is 22.5 Å². The van der Waals surface area contributed by atoms with Crippen molar-refractivity contribution >= 4 is 33.0 Å². The molecule has 0 spiro atoms. The van der Waals surface area contributed by atoms with E-state index in [-0.39, 0.29) is 16.7 Å². The number of sulfonamides is 1. The second-order valence-corrected chi connectivity index (χ2v) is 8.97. The van der Waals surface area contributed by atoms with Gasteiger partial charge >= 0.3 is 5.97 Å². The van der Waals surface area contributed by atoms with Crippen LogP contribution < -0.4 is 4.72 Å². The lowest BCUT2D eigenvalue weighted by Crippen LogP contribution is -2.45. The summed E-state index contributed by atoms with van der Waals surface area (Å²) in [6.07, 6.45) is 3.61. The highest BCUT2D eigenvalue weighted by molar-refractivity contribution is 7.91. The van der Waals surface area contributed by atoms with Crippen molar-refractivity contribution in [3.63, 3.8) is 0 Å². The van der Waals surface area contributed by atoms with E-state index in [0.717, 1.165) is 17.0 Å². The average Bonchev–Trinajstić information content (AvgIpc) is 3.26. The van der Waals surface area contributed by atoms with Gasteiger partial charge in [-0.1, -0.05) is 26.0 Å². The van der Waals surface area contributed by atoms with Gasteiger partial charge in [-0.25, -0.2) is 13.4 Å². The minimum atomic E-state index is -3.76. The molecule has 0 bridgehead atoms. The molecule has 0 aliphatic carbocycles. The number of pyridine rings is 1. The Morgan fingerprint density at radius 3 is 2.77 bits per heavy atom. The van der Waals surface area contributed by atoms with E-state index in [0.29, 0.717) is 5.69 Å². The molecule has 0 saturated carbocycles. The van der Waals surface area contributed by atoms with Crippen LogP contribution in [-0.2, 0) is 26.2 Å². The van der Waals surface area contributed by atoms with Crippen LogP contribution in [0.3, 0.4) is 0 Å². The Labute approximate surface area is 155 Å². The molecule has 3 heterocycles. The van der Waals surface area contributed by atoms with Crippen molar-refractivity contribution in [2.24, 2.45) is 5.92 Å². The number of nitrogens with zero attached hydrogens (tertiary/aromatic N) is 2. The molecule has 1 N–H and O–H groups in total. The first-order valence-electron chi connectivity index (χ1n) is 8.02. The van der Waals surface area contributed by atoms with E-state index in [1.54, 1.807) is 31.5 Å². The maximum atomic E-state index is 12.4. The van der Waals surface area contributed by atoms with Crippen molar-refractivity contribution in [1.29, 1.82) is 0 Å². The van der Waals surface area contributed by atoms with Gasteiger partial charge in [0.15, 0.2) is 0 Å². The highest BCUT2D eigenvalue weighted by Gasteiger charge is 2.30. The molecule has 0 aliphatic heterocycles. The molecular weight excluding hydrogens is 374 g/mol. The van der Waals surface area contributed by atoms with Gasteiger partial charge < -0.3 is 9.14 Å². The predicted octanol–water partition coefficient (Wildman–Crippen LogP) is 2.44. The molecule has 0 aliphatic rings. The number of esters is 1. The van der Waals surface area contributed by atoms with Crippen LogP contribution in [0.5, 0.6) is 0 Å². The van der Waals surface area contributed by atoms with Gasteiger partial charge in [-0.2, -0.15) is 4.72 Å². The van der Waals surface area contributed by atoms with E-state index < -0.39 is 22.0 Å². The van der Waals surface area contributed by atoms with Crippen LogP contribution in [0.25, 0.3) is 5.65 Å². The van der Waals surface area contributed by atoms with Crippen LogP contribution in [0.2, 0.25) is 0 Å². The summed E-state index contributed by atoms with van der Waals surface area (Å²) in [7, 11) is -3.76. The largest absolute Gasteiger partial charge is 0.458 e. The Balaban J connectivity index is 1.69. The Morgan fingerprint density at radius 1 is 1.31 bits per heavy atom. The molecule has 0 saturated heterocycles. The Kier molecular flexibility index (Phi) is 5.40. The lowest BCUT2D eigenvalue weighted by Gasteiger charge is -2.20. The van der Waals surface area contributed by atoms with Crippen LogP contribution in [0.4, 0.5) is 0 Å². The zero-order valence-corrected chi connectivity index (χ0v) is 16.0. The SMILES string of the molecule is CC(C)[C@@H](NS(=O)(=O)c1cccs1)C(=O)OCc1cn2ccccc2n1. The van der Waals surface area contributed by atoms with Crippen molar-refractivity contribution in [3.05, 3.63) is 53.8 Å². The Morgan fingerprint density at radius 2 is 2.12 bits per heavy atom. The van der Waals surface area contributed by atoms with Crippen LogP contribution in [0, 0.1) is 5.92 Å². The van der Waals surface area contributed by atoms with E-state index >= 15 is 0 Å². The van der Waals surface area contributed by atoms with Gasteiger partial charge in [0.05, 0.1) is 5.69 Å². The number of carbonyl (C=O) groups excluding carboxylic acids is 1. The monoisotopic (exact) mass is 393 g/mol. The summed E-state index contributed by atoms with van der Waals surface area (Å²) in [6, 6.07) is 7.75. The minimum absolute atomic E-state index is 0.0234. The molecule has 3 aromatic rings. The fourth-order valence-electron chi connectivity index (χ4n) is 2.39. The first-order valence-corrected chi connectivity index (χ1v) is 10.4. The fraction of sp³-hybridized carbons (Fsp3) is 0.294. The van der Waals surface area contributed by atoms with E-state index in [1.807, 2.05) is 28.8 Å². The molecule has 9 heteroatoms. The molecule has 0 amide bonds. The van der Waals surface area contributed by atoms with E-state index in [9.17, 15) is 13.2 Å². The van der Waals surface area contributed by atoms with Gasteiger partial charge in [0, 0.05) is 12.4 Å². The van der Waals surface area contributed by atoms with Gasteiger partial charge in [-0.15, -0.1) is 11.3 Å². The highest BCUT2D eigenvalue weighted by atomic mass is 32.2. The third-order valence-corrected chi connectivity index (χ3v) is 6.58. The fourth-order valence-corrected chi connectivity index (χ4v) is 4.73. The van der Waals surface area contributed by atoms with E-state index in [2.05, 4.69) is 9.71 Å². The van der Waals surface area contributed by atoms with Gasteiger partial charge in [-0.05, 0) is 29.5 Å². The van der Waals surface area contributed by atoms with Crippen molar-refractivity contribution in [2.45, 2.75) is 30.7 Å². The summed E-state index contributed by atoms with van der Waals surface area (Å²) >= 11 is 1.09. The summed E-state index contributed by atoms with van der Waals surface area (Å²) < 4.78 is 34.5. The molecule has 1 atom stereocenters. The standard InChI is InChI=1S/C17H19N3O4S2/c1-12(2)16(19-26(22,23)15-7-5-9-25-15)17(21)24-11-13-10-20-8-4-3-6-14(20)18-13/h3-10,12,16,19H,11H2,1-2H3/t16-/m1/s1. The molecule has 26 heavy (non-hydrogen) atoms. The number of nitrogens with one attached hydrogen (secondary N) is 1. The second-order valence-electron chi connectivity index (χ2n) is 6.08. The zero-order valence-electron chi connectivity index (χ0n) is 14.3. The van der Waals surface area contributed by atoms with Crippen LogP contribution in [0.1, 0.15) is 19.5 Å². The molecular formula is C17H19N3O4S2. The van der Waals surface area contributed by atoms with Gasteiger partial charge in [-0.3, -0.25) is 4.79 Å². The van der Waals surface area contributed by atoms with E-state index in [4.69, 9.17) is 4.74 Å². The smallest absolute Gasteiger partial charge is 0.324 e. The lowest BCUT2D eigenvalue weighted by atomic mass is 10.1. The number of hydrogen-bond acceptors (Lipinski definition) is 6. The third-order valence-electron chi connectivity index (χ3n) is 3.74. The topological polar surface area (TPSA) is 89.8 Å². The number of ether oxygens (including phenoxy) is 1. The number of thiophene rings is 1. The minimum Gasteiger partial charge on any atom is -0.458 e. The lowest BCUT2D eigenvalue weighted by molar-refractivity contribution is -0.148. The Hall–Kier alpha value is -2.23. The molecule has 3 rings (SSSR count). The number of carbonyl (C=O) groups is 1. The average molecular weight is 393 g/mol. The van der Waals surface area contributed by atoms with Crippen LogP contribution >= 0.6 is 11.3 Å². The number of rotatable bonds is 7. The second kappa shape index (κ2) is 7.56. The van der Waals surface area contributed by atoms with Gasteiger partial charge in [0.2, 0.25) is 0 Å². The van der Waals surface area contributed by atoms with Crippen molar-refractivity contribution < 1.29 is 17.9 Å². The quantitative estimate of drug-likeness (QED) is 0.623. The molecule has 0 aromatic carbocycles. The maximum Gasteiger partial charge on any atom is 0.324 e. The van der Waals surface area contributed by atoms with E-state index in [1.165, 1.54) is 6.07 Å². The zero-order chi connectivity index (χ0) is 18.7. The van der Waals surface area contributed by atoms with Crippen molar-refractivity contribution in [1.82, 2.24) is 14.1 Å². The number of imidazole rings is 1. The van der Waals surface area contributed by atoms with Crippen LogP contribution in [0.15, 0.2) is 52.3 Å². The number of hydrogen-bond donors (Lipinski definition) is 1. The third kappa shape index (κ3) is 4.12. The summed E-state index contributed by atoms with van der Waals surface area (Å²) in [5, 5.41) is 1.67. The molecule has 0 unspecified atom stereocenters. The number of aromatic nitrogens is 2. The number of fused-ring (bicyclic) bond motifs is 1. The first kappa shape index (κ1) is 18.6. The summed E-state index contributed by atoms with van der Waals surface area (Å²) in [4.78, 5) is 16.8. The van der Waals surface area contributed by atoms with Crippen molar-refractivity contribution in [2.75, 3.05) is 0 Å². The summed E-state index contributed by atoms with van der Waals surface area (Å²) in [5.74, 6) is -0.893. The van der Waals surface area contributed by atoms with Crippen molar-refractivity contribution in [3.8, 4) is 0 Å². The molecule has 0 fully saturated rings. The molecule has 138 valence electrons. The van der Waals surface area contributed by atoms with Crippen LogP contribution in [-0.4, -0.2) is 29.8 Å². The molecule has 7 nitrogen and oxygen atoms in total. The highest BCUT2D eigenvalue weighted by Crippen LogP contribution is 2.18. The first-order chi connectivity index (χ1) is 12.4. The normalized spacial score (nSPS) is 13.2. The predicted molar refractivity (Wildman–Crippen MR) is 98.3 cm³/mol. The van der Waals surface area contributed by atoms with Gasteiger partial charge in [0.25, 0.3) is 10.0 Å². The molecule has 0 radical (unpaired) electrons. The summed E-state index contributed by atoms with van der Waals surface area (Å²) in [6.45, 7) is 3.49.